The second-order valence-corrected chi connectivity index (χ2v) is 7.66. The number of rotatable bonds is 0. The summed E-state index contributed by atoms with van der Waals surface area (Å²) in [6, 6.07) is 14.2. The van der Waals surface area contributed by atoms with Crippen LogP contribution < -0.4 is 5.56 Å². The monoisotopic (exact) mass is 372 g/mol. The van der Waals surface area contributed by atoms with E-state index in [2.05, 4.69) is 16.8 Å². The zero-order chi connectivity index (χ0) is 19.4. The fraction of sp³-hybridized carbons (Fsp3) is 0.304. The Kier molecular flexibility index (Phi) is 3.70. The molecule has 5 rings (SSSR count). The van der Waals surface area contributed by atoms with Gasteiger partial charge in [-0.15, -0.1) is 0 Å². The minimum Gasteiger partial charge on any atom is -0.378 e. The largest absolute Gasteiger partial charge is 0.378 e. The van der Waals surface area contributed by atoms with Crippen molar-refractivity contribution in [2.75, 3.05) is 0 Å². The Bertz CT molecular complexity index is 1210. The fourth-order valence-electron chi connectivity index (χ4n) is 4.29. The number of fused-ring (bicyclic) bond motifs is 4. The van der Waals surface area contributed by atoms with Gasteiger partial charge in [0.2, 0.25) is 5.60 Å². The van der Waals surface area contributed by atoms with Crippen molar-refractivity contribution in [3.8, 4) is 17.5 Å². The molecule has 5 nitrogen and oxygen atoms in total. The van der Waals surface area contributed by atoms with E-state index in [1.807, 2.05) is 12.1 Å². The number of para-hydroxylation sites is 2. The number of nitrogens with zero attached hydrogens (tertiary/aromatic N) is 2. The Hall–Kier alpha value is -2.94. The van der Waals surface area contributed by atoms with Crippen molar-refractivity contribution in [1.82, 2.24) is 9.55 Å². The molecule has 1 unspecified atom stereocenters. The summed E-state index contributed by atoms with van der Waals surface area (Å²) in [4.78, 5) is 17.8. The van der Waals surface area contributed by atoms with Gasteiger partial charge in [0.05, 0.1) is 16.6 Å². The van der Waals surface area contributed by atoms with Crippen molar-refractivity contribution in [1.29, 1.82) is 0 Å². The van der Waals surface area contributed by atoms with E-state index in [4.69, 9.17) is 0 Å². The third-order valence-corrected chi connectivity index (χ3v) is 5.79. The first-order valence-corrected chi connectivity index (χ1v) is 9.63. The summed E-state index contributed by atoms with van der Waals surface area (Å²) < 4.78 is 1.44. The summed E-state index contributed by atoms with van der Waals surface area (Å²) in [6.45, 7) is 0. The first-order valence-electron chi connectivity index (χ1n) is 9.63. The summed E-state index contributed by atoms with van der Waals surface area (Å²) in [7, 11) is 0. The molecule has 0 amide bonds. The Labute approximate surface area is 162 Å². The second kappa shape index (κ2) is 6.03. The van der Waals surface area contributed by atoms with E-state index in [1.54, 1.807) is 36.4 Å². The molecule has 1 aliphatic heterocycles. The first kappa shape index (κ1) is 17.2. The molecule has 1 fully saturated rings. The van der Waals surface area contributed by atoms with Crippen LogP contribution in [0.1, 0.15) is 43.5 Å². The van der Waals surface area contributed by atoms with E-state index >= 15 is 0 Å². The van der Waals surface area contributed by atoms with Gasteiger partial charge in [0.25, 0.3) is 5.56 Å². The molecule has 0 bridgehead atoms. The molecular weight excluding hydrogens is 352 g/mol. The Balaban J connectivity index is 1.78. The average Bonchev–Trinajstić information content (AvgIpc) is 2.97. The molecule has 0 radical (unpaired) electrons. The third kappa shape index (κ3) is 2.42. The van der Waals surface area contributed by atoms with Gasteiger partial charge in [-0.25, -0.2) is 4.98 Å². The molecule has 1 aliphatic carbocycles. The van der Waals surface area contributed by atoms with E-state index in [0.29, 0.717) is 35.0 Å². The van der Waals surface area contributed by atoms with Gasteiger partial charge in [-0.05, 0) is 43.9 Å². The van der Waals surface area contributed by atoms with Crippen molar-refractivity contribution in [2.24, 2.45) is 0 Å². The maximum Gasteiger partial charge on any atom is 0.266 e. The van der Waals surface area contributed by atoms with Crippen molar-refractivity contribution in [3.63, 3.8) is 0 Å². The van der Waals surface area contributed by atoms with Crippen LogP contribution in [0, 0.1) is 11.8 Å². The summed E-state index contributed by atoms with van der Waals surface area (Å²) in [5.74, 6) is 6.02. The lowest BCUT2D eigenvalue weighted by Crippen LogP contribution is -2.32. The van der Waals surface area contributed by atoms with Crippen LogP contribution in [0.2, 0.25) is 0 Å². The SMILES string of the molecule is O=c1c2ccccc2nc2n1-c1ccccc1C2(O)C#CC1(O)CCCCC1. The summed E-state index contributed by atoms with van der Waals surface area (Å²) >= 11 is 0. The summed E-state index contributed by atoms with van der Waals surface area (Å²) in [5.41, 5.74) is -1.47. The van der Waals surface area contributed by atoms with E-state index < -0.39 is 11.2 Å². The van der Waals surface area contributed by atoms with Crippen LogP contribution in [-0.2, 0) is 5.60 Å². The predicted octanol–water partition coefficient (Wildman–Crippen LogP) is 2.63. The molecule has 3 aromatic rings. The standard InChI is InChI=1S/C23H20N2O3/c26-20-16-8-2-4-10-18(16)24-21-23(28,15-14-22(27)12-6-1-7-13-22)17-9-3-5-11-19(17)25(20)21/h2-5,8-11,27-28H,1,6-7,12-13H2. The average molecular weight is 372 g/mol. The first-order chi connectivity index (χ1) is 13.5. The van der Waals surface area contributed by atoms with Crippen molar-refractivity contribution in [2.45, 2.75) is 43.3 Å². The van der Waals surface area contributed by atoms with E-state index in [1.165, 1.54) is 4.57 Å². The zero-order valence-electron chi connectivity index (χ0n) is 15.4. The highest BCUT2D eigenvalue weighted by Gasteiger charge is 2.44. The lowest BCUT2D eigenvalue weighted by atomic mass is 9.84. The van der Waals surface area contributed by atoms with Crippen LogP contribution in [0.5, 0.6) is 0 Å². The normalized spacial score (nSPS) is 22.2. The molecule has 2 heterocycles. The number of aliphatic hydroxyl groups is 2. The van der Waals surface area contributed by atoms with Crippen molar-refractivity contribution < 1.29 is 10.2 Å². The minimum absolute atomic E-state index is 0.185. The van der Waals surface area contributed by atoms with Gasteiger partial charge in [0, 0.05) is 5.56 Å². The lowest BCUT2D eigenvalue weighted by Gasteiger charge is -2.27. The maximum atomic E-state index is 13.2. The summed E-state index contributed by atoms with van der Waals surface area (Å²) in [5, 5.41) is 22.9. The highest BCUT2D eigenvalue weighted by atomic mass is 16.3. The molecule has 1 saturated carbocycles. The zero-order valence-corrected chi connectivity index (χ0v) is 15.4. The third-order valence-electron chi connectivity index (χ3n) is 5.79. The number of hydrogen-bond donors (Lipinski definition) is 2. The quantitative estimate of drug-likeness (QED) is 0.595. The van der Waals surface area contributed by atoms with Crippen LogP contribution in [0.4, 0.5) is 0 Å². The molecular formula is C23H20N2O3. The molecule has 140 valence electrons. The Morgan fingerprint density at radius 3 is 2.46 bits per heavy atom. The smallest absolute Gasteiger partial charge is 0.266 e. The van der Waals surface area contributed by atoms with Crippen molar-refractivity contribution in [3.05, 3.63) is 70.3 Å². The predicted molar refractivity (Wildman–Crippen MR) is 106 cm³/mol. The van der Waals surface area contributed by atoms with Gasteiger partial charge in [-0.2, -0.15) is 0 Å². The van der Waals surface area contributed by atoms with Crippen LogP contribution in [0.3, 0.4) is 0 Å². The Morgan fingerprint density at radius 1 is 0.929 bits per heavy atom. The number of aromatic nitrogens is 2. The van der Waals surface area contributed by atoms with E-state index in [-0.39, 0.29) is 11.4 Å². The van der Waals surface area contributed by atoms with Gasteiger partial charge in [-0.1, -0.05) is 48.6 Å². The van der Waals surface area contributed by atoms with Crippen LogP contribution in [0.15, 0.2) is 53.3 Å². The van der Waals surface area contributed by atoms with Gasteiger partial charge in [0.15, 0.2) is 5.82 Å². The molecule has 28 heavy (non-hydrogen) atoms. The fourth-order valence-corrected chi connectivity index (χ4v) is 4.29. The Morgan fingerprint density at radius 2 is 1.64 bits per heavy atom. The molecule has 0 spiro atoms. The number of hydrogen-bond acceptors (Lipinski definition) is 4. The topological polar surface area (TPSA) is 75.4 Å². The molecule has 1 aromatic heterocycles. The molecule has 2 aromatic carbocycles. The highest BCUT2D eigenvalue weighted by Crippen LogP contribution is 2.39. The molecule has 2 N–H and O–H groups in total. The molecule has 1 atom stereocenters. The van der Waals surface area contributed by atoms with Gasteiger partial charge in [-0.3, -0.25) is 9.36 Å². The molecule has 0 saturated heterocycles. The number of benzene rings is 2. The van der Waals surface area contributed by atoms with Crippen LogP contribution in [-0.4, -0.2) is 25.4 Å². The molecule has 2 aliphatic rings. The van der Waals surface area contributed by atoms with E-state index in [0.717, 1.165) is 19.3 Å². The van der Waals surface area contributed by atoms with Gasteiger partial charge in [0.1, 0.15) is 5.60 Å². The highest BCUT2D eigenvalue weighted by molar-refractivity contribution is 5.79. The molecule has 5 heteroatoms. The van der Waals surface area contributed by atoms with Gasteiger partial charge >= 0.3 is 0 Å². The van der Waals surface area contributed by atoms with Crippen LogP contribution in [0.25, 0.3) is 16.6 Å². The lowest BCUT2D eigenvalue weighted by molar-refractivity contribution is 0.0594. The summed E-state index contributed by atoms with van der Waals surface area (Å²) in [6.07, 6.45) is 4.10. The van der Waals surface area contributed by atoms with Crippen molar-refractivity contribution >= 4 is 10.9 Å². The minimum atomic E-state index is -1.74. The maximum absolute atomic E-state index is 13.2. The second-order valence-electron chi connectivity index (χ2n) is 7.66. The van der Waals surface area contributed by atoms with Gasteiger partial charge < -0.3 is 10.2 Å². The van der Waals surface area contributed by atoms with Crippen LogP contribution >= 0.6 is 0 Å². The van der Waals surface area contributed by atoms with E-state index in [9.17, 15) is 15.0 Å².